The Kier molecular flexibility index (Phi) is 6.42. The zero-order chi connectivity index (χ0) is 15.1. The number of rotatable bonds is 7. The number of Topliss-reactive ketones (excluding diaryl/α,β-unsaturated/α-hetero) is 1. The van der Waals surface area contributed by atoms with Crippen LogP contribution in [0.2, 0.25) is 0 Å². The smallest absolute Gasteiger partial charge is 0.325 e. The van der Waals surface area contributed by atoms with Crippen molar-refractivity contribution in [2.75, 3.05) is 0 Å². The van der Waals surface area contributed by atoms with Crippen molar-refractivity contribution in [1.82, 2.24) is 5.32 Å². The summed E-state index contributed by atoms with van der Waals surface area (Å²) in [4.78, 5) is 34.3. The third kappa shape index (κ3) is 4.79. The number of hydrogen-bond acceptors (Lipinski definition) is 3. The summed E-state index contributed by atoms with van der Waals surface area (Å²) in [7, 11) is 0. The SMILES string of the molecule is CCC=CCC1C(=O)CCC1CC(=O)NC(C)C(=O)O. The fourth-order valence-electron chi connectivity index (χ4n) is 2.56. The van der Waals surface area contributed by atoms with Gasteiger partial charge < -0.3 is 10.4 Å². The van der Waals surface area contributed by atoms with Gasteiger partial charge in [-0.3, -0.25) is 14.4 Å². The van der Waals surface area contributed by atoms with E-state index in [1.807, 2.05) is 19.1 Å². The van der Waals surface area contributed by atoms with Gasteiger partial charge in [-0.25, -0.2) is 0 Å². The number of carboxylic acids is 1. The number of allylic oxidation sites excluding steroid dienone is 2. The number of carbonyl (C=O) groups excluding carboxylic acids is 2. The maximum Gasteiger partial charge on any atom is 0.325 e. The minimum atomic E-state index is -1.05. The van der Waals surface area contributed by atoms with E-state index in [9.17, 15) is 14.4 Å². The van der Waals surface area contributed by atoms with Gasteiger partial charge in [-0.1, -0.05) is 19.1 Å². The molecular weight excluding hydrogens is 258 g/mol. The average Bonchev–Trinajstić information content (AvgIpc) is 2.71. The van der Waals surface area contributed by atoms with Gasteiger partial charge in [0.15, 0.2) is 0 Å². The van der Waals surface area contributed by atoms with E-state index >= 15 is 0 Å². The Morgan fingerprint density at radius 1 is 1.45 bits per heavy atom. The first-order valence-corrected chi connectivity index (χ1v) is 7.15. The zero-order valence-electron chi connectivity index (χ0n) is 12.1. The van der Waals surface area contributed by atoms with Gasteiger partial charge in [-0.05, 0) is 32.1 Å². The fraction of sp³-hybridized carbons (Fsp3) is 0.667. The van der Waals surface area contributed by atoms with Crippen LogP contribution in [0.4, 0.5) is 0 Å². The third-order valence-corrected chi connectivity index (χ3v) is 3.73. The van der Waals surface area contributed by atoms with E-state index in [0.717, 1.165) is 12.8 Å². The number of amides is 1. The number of aliphatic carboxylic acids is 1. The van der Waals surface area contributed by atoms with Gasteiger partial charge in [0.2, 0.25) is 5.91 Å². The summed E-state index contributed by atoms with van der Waals surface area (Å²) in [5.74, 6) is -1.18. The van der Waals surface area contributed by atoms with Gasteiger partial charge in [-0.15, -0.1) is 0 Å². The number of ketones is 1. The minimum absolute atomic E-state index is 0.0324. The molecule has 3 atom stereocenters. The van der Waals surface area contributed by atoms with Crippen LogP contribution in [0.25, 0.3) is 0 Å². The average molecular weight is 281 g/mol. The maximum atomic E-state index is 11.8. The van der Waals surface area contributed by atoms with E-state index in [0.29, 0.717) is 12.8 Å². The first-order chi connectivity index (χ1) is 9.45. The number of carbonyl (C=O) groups is 3. The zero-order valence-corrected chi connectivity index (χ0v) is 12.1. The number of carboxylic acid groups (broad SMARTS) is 1. The summed E-state index contributed by atoms with van der Waals surface area (Å²) < 4.78 is 0. The Hall–Kier alpha value is -1.65. The van der Waals surface area contributed by atoms with Crippen molar-refractivity contribution >= 4 is 17.7 Å². The van der Waals surface area contributed by atoms with Gasteiger partial charge in [0.25, 0.3) is 0 Å². The molecule has 0 heterocycles. The van der Waals surface area contributed by atoms with Crippen LogP contribution >= 0.6 is 0 Å². The largest absolute Gasteiger partial charge is 0.480 e. The first kappa shape index (κ1) is 16.4. The maximum absolute atomic E-state index is 11.8. The summed E-state index contributed by atoms with van der Waals surface area (Å²) in [5, 5.41) is 11.2. The monoisotopic (exact) mass is 281 g/mol. The van der Waals surface area contributed by atoms with E-state index in [4.69, 9.17) is 5.11 Å². The van der Waals surface area contributed by atoms with E-state index < -0.39 is 12.0 Å². The molecule has 5 heteroatoms. The van der Waals surface area contributed by atoms with E-state index in [2.05, 4.69) is 5.32 Å². The van der Waals surface area contributed by atoms with Gasteiger partial charge in [0.1, 0.15) is 11.8 Å². The lowest BCUT2D eigenvalue weighted by Crippen LogP contribution is -2.39. The molecule has 2 N–H and O–H groups in total. The summed E-state index contributed by atoms with van der Waals surface area (Å²) in [6.45, 7) is 3.46. The molecule has 0 saturated heterocycles. The predicted octanol–water partition coefficient (Wildman–Crippen LogP) is 1.92. The number of hydrogen-bond donors (Lipinski definition) is 2. The molecule has 20 heavy (non-hydrogen) atoms. The molecule has 1 fully saturated rings. The summed E-state index contributed by atoms with van der Waals surface area (Å²) in [6, 6.07) is -0.891. The molecule has 1 rings (SSSR count). The van der Waals surface area contributed by atoms with Crippen molar-refractivity contribution in [2.45, 2.75) is 52.0 Å². The molecule has 5 nitrogen and oxygen atoms in total. The van der Waals surface area contributed by atoms with Crippen LogP contribution in [0.5, 0.6) is 0 Å². The Balaban J connectivity index is 2.52. The topological polar surface area (TPSA) is 83.5 Å². The summed E-state index contributed by atoms with van der Waals surface area (Å²) in [5.41, 5.74) is 0. The second-order valence-corrected chi connectivity index (χ2v) is 5.32. The van der Waals surface area contributed by atoms with Crippen LogP contribution in [0.3, 0.4) is 0 Å². The molecule has 0 aromatic rings. The highest BCUT2D eigenvalue weighted by atomic mass is 16.4. The molecular formula is C15H23NO4. The fourth-order valence-corrected chi connectivity index (χ4v) is 2.56. The lowest BCUT2D eigenvalue weighted by molar-refractivity contribution is -0.141. The molecule has 1 saturated carbocycles. The lowest BCUT2D eigenvalue weighted by Gasteiger charge is -2.17. The molecule has 0 spiro atoms. The van der Waals surface area contributed by atoms with Crippen molar-refractivity contribution in [3.8, 4) is 0 Å². The van der Waals surface area contributed by atoms with Crippen LogP contribution in [-0.2, 0) is 14.4 Å². The highest BCUT2D eigenvalue weighted by Gasteiger charge is 2.35. The van der Waals surface area contributed by atoms with E-state index in [1.54, 1.807) is 0 Å². The molecule has 0 bridgehead atoms. The van der Waals surface area contributed by atoms with Gasteiger partial charge >= 0.3 is 5.97 Å². The molecule has 0 radical (unpaired) electrons. The van der Waals surface area contributed by atoms with Gasteiger partial charge in [-0.2, -0.15) is 0 Å². The van der Waals surface area contributed by atoms with Crippen LogP contribution in [-0.4, -0.2) is 28.8 Å². The van der Waals surface area contributed by atoms with Crippen LogP contribution < -0.4 is 5.32 Å². The Morgan fingerprint density at radius 2 is 2.15 bits per heavy atom. The molecule has 3 unspecified atom stereocenters. The predicted molar refractivity (Wildman–Crippen MR) is 75.1 cm³/mol. The highest BCUT2D eigenvalue weighted by Crippen LogP contribution is 2.34. The Bertz CT molecular complexity index is 403. The van der Waals surface area contributed by atoms with Crippen molar-refractivity contribution in [3.05, 3.63) is 12.2 Å². The van der Waals surface area contributed by atoms with Gasteiger partial charge in [0.05, 0.1) is 0 Å². The Labute approximate surface area is 119 Å². The van der Waals surface area contributed by atoms with Crippen LogP contribution in [0, 0.1) is 11.8 Å². The highest BCUT2D eigenvalue weighted by molar-refractivity contribution is 5.86. The first-order valence-electron chi connectivity index (χ1n) is 7.15. The summed E-state index contributed by atoms with van der Waals surface area (Å²) >= 11 is 0. The summed E-state index contributed by atoms with van der Waals surface area (Å²) in [6.07, 6.45) is 7.11. The normalized spacial score (nSPS) is 24.0. The number of nitrogens with one attached hydrogen (secondary N) is 1. The molecule has 112 valence electrons. The van der Waals surface area contributed by atoms with E-state index in [1.165, 1.54) is 6.92 Å². The second-order valence-electron chi connectivity index (χ2n) is 5.32. The molecule has 1 amide bonds. The molecule has 0 aliphatic heterocycles. The molecule has 0 aromatic carbocycles. The molecule has 0 aromatic heterocycles. The quantitative estimate of drug-likeness (QED) is 0.698. The van der Waals surface area contributed by atoms with Gasteiger partial charge in [0, 0.05) is 18.8 Å². The Morgan fingerprint density at radius 3 is 2.75 bits per heavy atom. The minimum Gasteiger partial charge on any atom is -0.480 e. The van der Waals surface area contributed by atoms with E-state index in [-0.39, 0.29) is 29.9 Å². The standard InChI is InChI=1S/C15H23NO4/c1-3-4-5-6-12-11(7-8-13(12)17)9-14(18)16-10(2)15(19)20/h4-5,10-12H,3,6-9H2,1-2H3,(H,16,18)(H,19,20). The molecule has 1 aliphatic rings. The third-order valence-electron chi connectivity index (χ3n) is 3.73. The van der Waals surface area contributed by atoms with Crippen molar-refractivity contribution in [3.63, 3.8) is 0 Å². The molecule has 1 aliphatic carbocycles. The second kappa shape index (κ2) is 7.82. The van der Waals surface area contributed by atoms with Crippen molar-refractivity contribution in [2.24, 2.45) is 11.8 Å². The lowest BCUT2D eigenvalue weighted by atomic mass is 9.89. The van der Waals surface area contributed by atoms with Crippen molar-refractivity contribution < 1.29 is 19.5 Å². The van der Waals surface area contributed by atoms with Crippen LogP contribution in [0.15, 0.2) is 12.2 Å². The van der Waals surface area contributed by atoms with Crippen molar-refractivity contribution in [1.29, 1.82) is 0 Å². The van der Waals surface area contributed by atoms with Crippen LogP contribution in [0.1, 0.15) is 46.0 Å².